The molecule has 0 radical (unpaired) electrons. The quantitative estimate of drug-likeness (QED) is 0.495. The molecule has 5 nitrogen and oxygen atoms in total. The molecule has 1 saturated heterocycles. The maximum absolute atomic E-state index is 13.6. The van der Waals surface area contributed by atoms with E-state index in [0.29, 0.717) is 15.9 Å². The molecule has 1 aliphatic rings. The molecule has 144 valence electrons. The fourth-order valence-corrected chi connectivity index (χ4v) is 4.39. The van der Waals surface area contributed by atoms with Crippen LogP contribution >= 0.6 is 11.6 Å². The van der Waals surface area contributed by atoms with Crippen molar-refractivity contribution in [3.63, 3.8) is 0 Å². The second-order valence-electron chi connectivity index (χ2n) is 7.14. The van der Waals surface area contributed by atoms with Crippen molar-refractivity contribution in [2.45, 2.75) is 18.9 Å². The van der Waals surface area contributed by atoms with Gasteiger partial charge in [0.2, 0.25) is 0 Å². The molecule has 4 aromatic rings. The number of anilines is 1. The third-order valence-electron chi connectivity index (χ3n) is 5.43. The van der Waals surface area contributed by atoms with Crippen LogP contribution in [0.5, 0.6) is 0 Å². The van der Waals surface area contributed by atoms with Crippen molar-refractivity contribution in [1.29, 1.82) is 0 Å². The summed E-state index contributed by atoms with van der Waals surface area (Å²) in [5.74, 6) is 0.741. The minimum Gasteiger partial charge on any atom is -0.361 e. The fourth-order valence-electron chi connectivity index (χ4n) is 4.14. The summed E-state index contributed by atoms with van der Waals surface area (Å²) >= 11 is 6.39. The van der Waals surface area contributed by atoms with E-state index >= 15 is 0 Å². The van der Waals surface area contributed by atoms with Crippen LogP contribution in [-0.4, -0.2) is 21.1 Å². The SMILES string of the molecule is O=c1c2c(Cl)cccc2nc([C@@H]2CCCN2c2ccncc2)n1-c1ccccc1. The predicted octanol–water partition coefficient (Wildman–Crippen LogP) is 4.78. The Morgan fingerprint density at radius 3 is 2.52 bits per heavy atom. The average molecular weight is 403 g/mol. The normalized spacial score (nSPS) is 16.4. The van der Waals surface area contributed by atoms with E-state index in [1.54, 1.807) is 23.0 Å². The number of fused-ring (bicyclic) bond motifs is 1. The molecule has 0 saturated carbocycles. The number of para-hydroxylation sites is 1. The predicted molar refractivity (Wildman–Crippen MR) is 116 cm³/mol. The van der Waals surface area contributed by atoms with E-state index in [9.17, 15) is 4.79 Å². The highest BCUT2D eigenvalue weighted by atomic mass is 35.5. The number of rotatable bonds is 3. The van der Waals surface area contributed by atoms with Crippen LogP contribution in [0.15, 0.2) is 77.9 Å². The fraction of sp³-hybridized carbons (Fsp3) is 0.174. The van der Waals surface area contributed by atoms with E-state index < -0.39 is 0 Å². The van der Waals surface area contributed by atoms with Crippen molar-refractivity contribution in [2.24, 2.45) is 0 Å². The van der Waals surface area contributed by atoms with E-state index in [-0.39, 0.29) is 11.6 Å². The minimum absolute atomic E-state index is 0.00584. The number of pyridine rings is 1. The second-order valence-corrected chi connectivity index (χ2v) is 7.54. The minimum atomic E-state index is -0.136. The van der Waals surface area contributed by atoms with Gasteiger partial charge < -0.3 is 4.90 Å². The van der Waals surface area contributed by atoms with Gasteiger partial charge in [-0.3, -0.25) is 14.3 Å². The molecule has 0 N–H and O–H groups in total. The Morgan fingerprint density at radius 2 is 1.72 bits per heavy atom. The molecule has 0 aliphatic carbocycles. The Morgan fingerprint density at radius 1 is 0.931 bits per heavy atom. The van der Waals surface area contributed by atoms with Gasteiger partial charge in [-0.2, -0.15) is 0 Å². The Labute approximate surface area is 173 Å². The van der Waals surface area contributed by atoms with E-state index in [1.807, 2.05) is 54.6 Å². The van der Waals surface area contributed by atoms with Crippen LogP contribution in [0.3, 0.4) is 0 Å². The van der Waals surface area contributed by atoms with Crippen molar-refractivity contribution < 1.29 is 0 Å². The third-order valence-corrected chi connectivity index (χ3v) is 5.75. The first kappa shape index (κ1) is 17.9. The number of hydrogen-bond acceptors (Lipinski definition) is 4. The van der Waals surface area contributed by atoms with Crippen LogP contribution in [0, 0.1) is 0 Å². The lowest BCUT2D eigenvalue weighted by Gasteiger charge is -2.28. The van der Waals surface area contributed by atoms with Crippen molar-refractivity contribution in [3.05, 3.63) is 94.3 Å². The monoisotopic (exact) mass is 402 g/mol. The summed E-state index contributed by atoms with van der Waals surface area (Å²) in [5, 5.41) is 0.879. The van der Waals surface area contributed by atoms with E-state index in [2.05, 4.69) is 9.88 Å². The zero-order valence-corrected chi connectivity index (χ0v) is 16.5. The topological polar surface area (TPSA) is 51.0 Å². The number of nitrogens with zero attached hydrogens (tertiary/aromatic N) is 4. The summed E-state index contributed by atoms with van der Waals surface area (Å²) in [6.07, 6.45) is 5.55. The van der Waals surface area contributed by atoms with Crippen LogP contribution in [0.4, 0.5) is 5.69 Å². The van der Waals surface area contributed by atoms with Gasteiger partial charge in [0.1, 0.15) is 5.82 Å². The molecule has 1 aliphatic heterocycles. The second kappa shape index (κ2) is 7.33. The number of aromatic nitrogens is 3. The molecular weight excluding hydrogens is 384 g/mol. The standard InChI is InChI=1S/C23H19ClN4O/c24-18-8-4-9-19-21(18)23(29)28(17-6-2-1-3-7-17)22(26-19)20-10-5-15-27(20)16-11-13-25-14-12-16/h1-4,6-9,11-14,20H,5,10,15H2/t20-/m0/s1. The largest absolute Gasteiger partial charge is 0.361 e. The average Bonchev–Trinajstić information content (AvgIpc) is 3.24. The Bertz CT molecular complexity index is 1220. The van der Waals surface area contributed by atoms with Gasteiger partial charge in [-0.15, -0.1) is 0 Å². The summed E-state index contributed by atoms with van der Waals surface area (Å²) in [7, 11) is 0. The zero-order chi connectivity index (χ0) is 19.8. The van der Waals surface area contributed by atoms with Gasteiger partial charge in [-0.1, -0.05) is 35.9 Å². The van der Waals surface area contributed by atoms with Gasteiger partial charge in [0.05, 0.1) is 27.7 Å². The van der Waals surface area contributed by atoms with Crippen LogP contribution in [0.25, 0.3) is 16.6 Å². The maximum Gasteiger partial charge on any atom is 0.267 e. The molecule has 5 rings (SSSR count). The Balaban J connectivity index is 1.78. The molecule has 3 heterocycles. The van der Waals surface area contributed by atoms with E-state index in [4.69, 9.17) is 16.6 Å². The number of halogens is 1. The lowest BCUT2D eigenvalue weighted by atomic mass is 10.1. The van der Waals surface area contributed by atoms with Crippen molar-refractivity contribution >= 4 is 28.2 Å². The molecule has 1 atom stereocenters. The molecule has 2 aromatic carbocycles. The Hall–Kier alpha value is -3.18. The van der Waals surface area contributed by atoms with Gasteiger partial charge in [0, 0.05) is 24.6 Å². The van der Waals surface area contributed by atoms with Gasteiger partial charge >= 0.3 is 0 Å². The highest BCUT2D eigenvalue weighted by Crippen LogP contribution is 2.36. The smallest absolute Gasteiger partial charge is 0.267 e. The third kappa shape index (κ3) is 3.08. The van der Waals surface area contributed by atoms with Gasteiger partial charge in [0.15, 0.2) is 0 Å². The molecule has 0 unspecified atom stereocenters. The first-order chi connectivity index (χ1) is 14.2. The van der Waals surface area contributed by atoms with Crippen molar-refractivity contribution in [3.8, 4) is 5.69 Å². The highest BCUT2D eigenvalue weighted by molar-refractivity contribution is 6.35. The molecule has 29 heavy (non-hydrogen) atoms. The molecule has 0 amide bonds. The summed E-state index contributed by atoms with van der Waals surface area (Å²) in [4.78, 5) is 25.0. The van der Waals surface area contributed by atoms with Gasteiger partial charge in [0.25, 0.3) is 5.56 Å². The van der Waals surface area contributed by atoms with Gasteiger partial charge in [-0.25, -0.2) is 4.98 Å². The maximum atomic E-state index is 13.6. The van der Waals surface area contributed by atoms with Crippen LogP contribution in [0.1, 0.15) is 24.7 Å². The molecule has 0 bridgehead atoms. The van der Waals surface area contributed by atoms with Crippen LogP contribution in [-0.2, 0) is 0 Å². The lowest BCUT2D eigenvalue weighted by molar-refractivity contribution is 0.637. The first-order valence-electron chi connectivity index (χ1n) is 9.67. The van der Waals surface area contributed by atoms with Crippen molar-refractivity contribution in [1.82, 2.24) is 14.5 Å². The highest BCUT2D eigenvalue weighted by Gasteiger charge is 2.31. The molecule has 2 aromatic heterocycles. The molecular formula is C23H19ClN4O. The summed E-state index contributed by atoms with van der Waals surface area (Å²) in [5.41, 5.74) is 2.38. The number of benzene rings is 2. The van der Waals surface area contributed by atoms with E-state index in [0.717, 1.165) is 36.6 Å². The summed E-state index contributed by atoms with van der Waals surface area (Å²) in [6, 6.07) is 19.1. The summed E-state index contributed by atoms with van der Waals surface area (Å²) in [6.45, 7) is 0.910. The van der Waals surface area contributed by atoms with Crippen LogP contribution < -0.4 is 10.5 Å². The first-order valence-corrected chi connectivity index (χ1v) is 10.0. The zero-order valence-electron chi connectivity index (χ0n) is 15.7. The molecule has 0 spiro atoms. The van der Waals surface area contributed by atoms with Crippen molar-refractivity contribution in [2.75, 3.05) is 11.4 Å². The number of hydrogen-bond donors (Lipinski definition) is 0. The Kier molecular flexibility index (Phi) is 4.52. The lowest BCUT2D eigenvalue weighted by Crippen LogP contribution is -2.31. The summed E-state index contributed by atoms with van der Waals surface area (Å²) < 4.78 is 1.72. The van der Waals surface area contributed by atoms with Crippen LogP contribution in [0.2, 0.25) is 5.02 Å². The van der Waals surface area contributed by atoms with Gasteiger partial charge in [-0.05, 0) is 49.2 Å². The molecule has 6 heteroatoms. The molecule has 1 fully saturated rings. The van der Waals surface area contributed by atoms with E-state index in [1.165, 1.54) is 0 Å².